The highest BCUT2D eigenvalue weighted by Crippen LogP contribution is 2.25. The van der Waals surface area contributed by atoms with Gasteiger partial charge in [-0.2, -0.15) is 5.10 Å². The monoisotopic (exact) mass is 298 g/mol. The third kappa shape index (κ3) is 2.74. The molecule has 0 bridgehead atoms. The van der Waals surface area contributed by atoms with Crippen LogP contribution in [0.2, 0.25) is 0 Å². The number of rotatable bonds is 3. The first-order chi connectivity index (χ1) is 11.4. The van der Waals surface area contributed by atoms with E-state index in [0.717, 1.165) is 33.4 Å². The van der Waals surface area contributed by atoms with Gasteiger partial charge in [-0.3, -0.25) is 15.1 Å². The molecule has 0 unspecified atom stereocenters. The molecular formula is C19H14N4. The fourth-order valence-corrected chi connectivity index (χ4v) is 2.53. The molecule has 3 aromatic heterocycles. The minimum absolute atomic E-state index is 0.909. The van der Waals surface area contributed by atoms with Gasteiger partial charge in [0, 0.05) is 24.0 Å². The second-order valence-electron chi connectivity index (χ2n) is 5.19. The minimum Gasteiger partial charge on any atom is -0.277 e. The van der Waals surface area contributed by atoms with Crippen LogP contribution >= 0.6 is 0 Å². The molecule has 4 nitrogen and oxygen atoms in total. The van der Waals surface area contributed by atoms with Crippen LogP contribution in [-0.2, 0) is 0 Å². The van der Waals surface area contributed by atoms with Crippen LogP contribution in [-0.4, -0.2) is 20.2 Å². The maximum Gasteiger partial charge on any atom is 0.0928 e. The van der Waals surface area contributed by atoms with Crippen molar-refractivity contribution in [3.8, 4) is 11.1 Å². The number of pyridine rings is 2. The zero-order valence-corrected chi connectivity index (χ0v) is 12.3. The molecule has 3 heterocycles. The molecule has 4 aromatic rings. The number of nitrogens with one attached hydrogen (secondary N) is 1. The number of H-pyrrole nitrogens is 1. The van der Waals surface area contributed by atoms with Crippen molar-refractivity contribution in [2.24, 2.45) is 0 Å². The van der Waals surface area contributed by atoms with E-state index >= 15 is 0 Å². The average molecular weight is 298 g/mol. The molecule has 4 heteroatoms. The van der Waals surface area contributed by atoms with Crippen molar-refractivity contribution in [1.29, 1.82) is 0 Å². The van der Waals surface area contributed by atoms with Crippen molar-refractivity contribution in [2.45, 2.75) is 0 Å². The summed E-state index contributed by atoms with van der Waals surface area (Å²) in [5.74, 6) is 0. The molecule has 0 saturated heterocycles. The lowest BCUT2D eigenvalue weighted by molar-refractivity contribution is 1.11. The lowest BCUT2D eigenvalue weighted by Crippen LogP contribution is -1.79. The molecule has 0 spiro atoms. The maximum absolute atomic E-state index is 4.39. The third-order valence-electron chi connectivity index (χ3n) is 3.71. The van der Waals surface area contributed by atoms with Crippen molar-refractivity contribution < 1.29 is 0 Å². The molecule has 0 aliphatic rings. The summed E-state index contributed by atoms with van der Waals surface area (Å²) in [6.07, 6.45) is 9.32. The van der Waals surface area contributed by atoms with Gasteiger partial charge in [-0.15, -0.1) is 0 Å². The predicted molar refractivity (Wildman–Crippen MR) is 92.5 cm³/mol. The van der Waals surface area contributed by atoms with E-state index in [-0.39, 0.29) is 0 Å². The number of hydrogen-bond donors (Lipinski definition) is 1. The van der Waals surface area contributed by atoms with Crippen molar-refractivity contribution in [2.75, 3.05) is 0 Å². The fourth-order valence-electron chi connectivity index (χ4n) is 2.53. The van der Waals surface area contributed by atoms with E-state index in [1.807, 2.05) is 42.5 Å². The van der Waals surface area contributed by atoms with E-state index in [0.29, 0.717) is 0 Å². The average Bonchev–Trinajstić information content (AvgIpc) is 3.04. The normalized spacial score (nSPS) is 11.3. The van der Waals surface area contributed by atoms with Gasteiger partial charge in [-0.25, -0.2) is 0 Å². The molecule has 1 N–H and O–H groups in total. The summed E-state index contributed by atoms with van der Waals surface area (Å²) in [5, 5.41) is 8.58. The summed E-state index contributed by atoms with van der Waals surface area (Å²) < 4.78 is 0. The summed E-state index contributed by atoms with van der Waals surface area (Å²) in [5.41, 5.74) is 5.12. The number of hydrogen-bond acceptors (Lipinski definition) is 3. The number of aromatic amines is 1. The van der Waals surface area contributed by atoms with Crippen LogP contribution in [0.15, 0.2) is 67.1 Å². The van der Waals surface area contributed by atoms with Gasteiger partial charge in [0.25, 0.3) is 0 Å². The van der Waals surface area contributed by atoms with E-state index in [9.17, 15) is 0 Å². The van der Waals surface area contributed by atoms with Gasteiger partial charge in [0.05, 0.1) is 16.9 Å². The summed E-state index contributed by atoms with van der Waals surface area (Å²) in [6.45, 7) is 0. The molecule has 23 heavy (non-hydrogen) atoms. The van der Waals surface area contributed by atoms with Crippen LogP contribution in [0, 0.1) is 0 Å². The predicted octanol–water partition coefficient (Wildman–Crippen LogP) is 4.19. The standard InChI is InChI=1S/C19H14N4/c1-2-10-21-16(3-1)5-7-18-17-6-4-15(13-19(17)23-22-18)14-8-11-20-12-9-14/h1-13H,(H,22,23)/b7-5+. The first-order valence-corrected chi connectivity index (χ1v) is 7.38. The van der Waals surface area contributed by atoms with Crippen LogP contribution in [0.25, 0.3) is 34.2 Å². The number of benzene rings is 1. The van der Waals surface area contributed by atoms with Gasteiger partial charge in [0.15, 0.2) is 0 Å². The second kappa shape index (κ2) is 5.85. The lowest BCUT2D eigenvalue weighted by Gasteiger charge is -2.00. The van der Waals surface area contributed by atoms with Gasteiger partial charge in [0.2, 0.25) is 0 Å². The summed E-state index contributed by atoms with van der Waals surface area (Å²) >= 11 is 0. The Bertz CT molecular complexity index is 957. The summed E-state index contributed by atoms with van der Waals surface area (Å²) in [4.78, 5) is 8.34. The van der Waals surface area contributed by atoms with Crippen LogP contribution in [0.1, 0.15) is 11.4 Å². The van der Waals surface area contributed by atoms with Crippen LogP contribution in [0.5, 0.6) is 0 Å². The third-order valence-corrected chi connectivity index (χ3v) is 3.71. The van der Waals surface area contributed by atoms with Crippen molar-refractivity contribution in [3.63, 3.8) is 0 Å². The Balaban J connectivity index is 1.69. The molecule has 0 aliphatic heterocycles. The van der Waals surface area contributed by atoms with E-state index in [4.69, 9.17) is 0 Å². The zero-order valence-electron chi connectivity index (χ0n) is 12.3. The number of nitrogens with zero attached hydrogens (tertiary/aromatic N) is 3. The zero-order chi connectivity index (χ0) is 15.5. The molecule has 0 saturated carbocycles. The Morgan fingerprint density at radius 3 is 2.57 bits per heavy atom. The lowest BCUT2D eigenvalue weighted by atomic mass is 10.0. The SMILES string of the molecule is C(=C\c1n[nH]c2cc(-c3ccncc3)ccc12)/c1ccccn1. The van der Waals surface area contributed by atoms with E-state index in [2.05, 4.69) is 38.4 Å². The summed E-state index contributed by atoms with van der Waals surface area (Å²) in [7, 11) is 0. The molecule has 110 valence electrons. The first kappa shape index (κ1) is 13.4. The fraction of sp³-hybridized carbons (Fsp3) is 0. The first-order valence-electron chi connectivity index (χ1n) is 7.38. The molecule has 0 radical (unpaired) electrons. The molecule has 1 aromatic carbocycles. The van der Waals surface area contributed by atoms with Crippen LogP contribution in [0.3, 0.4) is 0 Å². The van der Waals surface area contributed by atoms with E-state index in [1.54, 1.807) is 18.6 Å². The quantitative estimate of drug-likeness (QED) is 0.617. The highest BCUT2D eigenvalue weighted by molar-refractivity contribution is 5.91. The van der Waals surface area contributed by atoms with E-state index < -0.39 is 0 Å². The van der Waals surface area contributed by atoms with Gasteiger partial charge in [0.1, 0.15) is 0 Å². The molecule has 0 atom stereocenters. The molecule has 0 fully saturated rings. The molecule has 0 amide bonds. The number of aromatic nitrogens is 4. The largest absolute Gasteiger partial charge is 0.277 e. The Morgan fingerprint density at radius 1 is 0.826 bits per heavy atom. The van der Waals surface area contributed by atoms with Crippen LogP contribution in [0.4, 0.5) is 0 Å². The van der Waals surface area contributed by atoms with Gasteiger partial charge < -0.3 is 0 Å². The molecular weight excluding hydrogens is 284 g/mol. The second-order valence-corrected chi connectivity index (χ2v) is 5.19. The molecule has 4 rings (SSSR count). The van der Waals surface area contributed by atoms with Gasteiger partial charge in [-0.1, -0.05) is 12.1 Å². The highest BCUT2D eigenvalue weighted by Gasteiger charge is 2.05. The van der Waals surface area contributed by atoms with Gasteiger partial charge in [-0.05, 0) is 59.7 Å². The smallest absolute Gasteiger partial charge is 0.0928 e. The van der Waals surface area contributed by atoms with Crippen molar-refractivity contribution in [1.82, 2.24) is 20.2 Å². The number of fused-ring (bicyclic) bond motifs is 1. The Labute approximate surface area is 133 Å². The van der Waals surface area contributed by atoms with E-state index in [1.165, 1.54) is 0 Å². The Kier molecular flexibility index (Phi) is 3.41. The highest BCUT2D eigenvalue weighted by atomic mass is 15.1. The molecule has 0 aliphatic carbocycles. The Hall–Kier alpha value is -3.27. The topological polar surface area (TPSA) is 54.5 Å². The minimum atomic E-state index is 0.909. The van der Waals surface area contributed by atoms with Crippen molar-refractivity contribution in [3.05, 3.63) is 78.5 Å². The van der Waals surface area contributed by atoms with Gasteiger partial charge >= 0.3 is 0 Å². The summed E-state index contributed by atoms with van der Waals surface area (Å²) in [6, 6.07) is 16.1. The Morgan fingerprint density at radius 2 is 1.74 bits per heavy atom. The van der Waals surface area contributed by atoms with Crippen molar-refractivity contribution >= 4 is 23.1 Å². The maximum atomic E-state index is 4.39. The van der Waals surface area contributed by atoms with Crippen LogP contribution < -0.4 is 0 Å².